The Morgan fingerprint density at radius 1 is 1.57 bits per heavy atom. The standard InChI is InChI=1S/C8H15N3O2S/c1-7(2)14(12,13)4-3-11-5-8(9)10-6-11/h5-7H,3-4,9H2,1-2H3. The van der Waals surface area contributed by atoms with E-state index in [1.165, 1.54) is 6.33 Å². The van der Waals surface area contributed by atoms with Gasteiger partial charge < -0.3 is 10.3 Å². The average molecular weight is 217 g/mol. The third-order valence-electron chi connectivity index (χ3n) is 2.01. The second-order valence-electron chi connectivity index (χ2n) is 3.45. The van der Waals surface area contributed by atoms with Crippen molar-refractivity contribution >= 4 is 15.7 Å². The first-order valence-electron chi connectivity index (χ1n) is 4.40. The van der Waals surface area contributed by atoms with Gasteiger partial charge >= 0.3 is 0 Å². The SMILES string of the molecule is CC(C)S(=O)(=O)CCn1cnc(N)c1. The lowest BCUT2D eigenvalue weighted by Crippen LogP contribution is -2.20. The van der Waals surface area contributed by atoms with Crippen LogP contribution >= 0.6 is 0 Å². The topological polar surface area (TPSA) is 78.0 Å². The zero-order valence-electron chi connectivity index (χ0n) is 8.34. The van der Waals surface area contributed by atoms with E-state index in [4.69, 9.17) is 5.73 Å². The van der Waals surface area contributed by atoms with Gasteiger partial charge in [0.1, 0.15) is 5.82 Å². The van der Waals surface area contributed by atoms with Gasteiger partial charge in [0.2, 0.25) is 0 Å². The number of anilines is 1. The molecule has 14 heavy (non-hydrogen) atoms. The third-order valence-corrected chi connectivity index (χ3v) is 4.19. The first-order valence-corrected chi connectivity index (χ1v) is 6.12. The Labute approximate surface area is 83.9 Å². The van der Waals surface area contributed by atoms with E-state index in [0.717, 1.165) is 0 Å². The molecular weight excluding hydrogens is 202 g/mol. The van der Waals surface area contributed by atoms with Crippen LogP contribution < -0.4 is 5.73 Å². The van der Waals surface area contributed by atoms with Crippen molar-refractivity contribution in [3.05, 3.63) is 12.5 Å². The minimum absolute atomic E-state index is 0.125. The number of nitrogens with zero attached hydrogens (tertiary/aromatic N) is 2. The number of sulfone groups is 1. The fourth-order valence-electron chi connectivity index (χ4n) is 0.968. The molecule has 2 N–H and O–H groups in total. The second kappa shape index (κ2) is 4.00. The predicted molar refractivity (Wildman–Crippen MR) is 55.6 cm³/mol. The van der Waals surface area contributed by atoms with Crippen LogP contribution in [0, 0.1) is 0 Å². The van der Waals surface area contributed by atoms with Gasteiger partial charge in [-0.2, -0.15) is 0 Å². The van der Waals surface area contributed by atoms with E-state index >= 15 is 0 Å². The number of aryl methyl sites for hydroxylation is 1. The van der Waals surface area contributed by atoms with Crippen molar-refractivity contribution in [3.63, 3.8) is 0 Å². The molecule has 0 aliphatic carbocycles. The molecule has 0 aliphatic rings. The fraction of sp³-hybridized carbons (Fsp3) is 0.625. The van der Waals surface area contributed by atoms with Crippen LogP contribution in [0.5, 0.6) is 0 Å². The molecule has 0 aromatic carbocycles. The van der Waals surface area contributed by atoms with Crippen molar-refractivity contribution in [2.45, 2.75) is 25.6 Å². The van der Waals surface area contributed by atoms with Gasteiger partial charge in [0.15, 0.2) is 9.84 Å². The van der Waals surface area contributed by atoms with Crippen LogP contribution in [0.2, 0.25) is 0 Å². The van der Waals surface area contributed by atoms with Crippen LogP contribution in [0.1, 0.15) is 13.8 Å². The highest BCUT2D eigenvalue weighted by molar-refractivity contribution is 7.91. The highest BCUT2D eigenvalue weighted by atomic mass is 32.2. The maximum absolute atomic E-state index is 11.4. The summed E-state index contributed by atoms with van der Waals surface area (Å²) in [6.07, 6.45) is 3.15. The zero-order chi connectivity index (χ0) is 10.8. The molecule has 1 heterocycles. The predicted octanol–water partition coefficient (Wildman–Crippen LogP) is 0.288. The summed E-state index contributed by atoms with van der Waals surface area (Å²) in [5, 5.41) is -0.330. The van der Waals surface area contributed by atoms with Gasteiger partial charge in [-0.3, -0.25) is 0 Å². The van der Waals surface area contributed by atoms with E-state index in [2.05, 4.69) is 4.98 Å². The molecule has 0 radical (unpaired) electrons. The summed E-state index contributed by atoms with van der Waals surface area (Å²) in [7, 11) is -2.98. The molecule has 5 nitrogen and oxygen atoms in total. The minimum Gasteiger partial charge on any atom is -0.382 e. The van der Waals surface area contributed by atoms with E-state index < -0.39 is 9.84 Å². The summed E-state index contributed by atoms with van der Waals surface area (Å²) in [5.41, 5.74) is 5.40. The first-order chi connectivity index (χ1) is 6.42. The summed E-state index contributed by atoms with van der Waals surface area (Å²) in [6.45, 7) is 3.76. The number of nitrogens with two attached hydrogens (primary N) is 1. The van der Waals surface area contributed by atoms with Gasteiger partial charge in [-0.15, -0.1) is 0 Å². The van der Waals surface area contributed by atoms with E-state index in [0.29, 0.717) is 12.4 Å². The average Bonchev–Trinajstić information content (AvgIpc) is 2.48. The molecule has 0 unspecified atom stereocenters. The molecule has 0 fully saturated rings. The number of hydrogen-bond donors (Lipinski definition) is 1. The van der Waals surface area contributed by atoms with Gasteiger partial charge in [0.05, 0.1) is 17.3 Å². The van der Waals surface area contributed by atoms with Gasteiger partial charge in [-0.25, -0.2) is 13.4 Å². The monoisotopic (exact) mass is 217 g/mol. The quantitative estimate of drug-likeness (QED) is 0.786. The molecule has 80 valence electrons. The van der Waals surface area contributed by atoms with Gasteiger partial charge in [0.25, 0.3) is 0 Å². The smallest absolute Gasteiger partial charge is 0.154 e. The van der Waals surface area contributed by atoms with Crippen molar-refractivity contribution < 1.29 is 8.42 Å². The number of rotatable bonds is 4. The van der Waals surface area contributed by atoms with E-state index in [9.17, 15) is 8.42 Å². The molecule has 0 bridgehead atoms. The van der Waals surface area contributed by atoms with Crippen molar-refractivity contribution in [1.29, 1.82) is 0 Å². The Bertz CT molecular complexity index is 394. The van der Waals surface area contributed by atoms with Gasteiger partial charge in [0, 0.05) is 12.7 Å². The molecule has 1 aromatic rings. The van der Waals surface area contributed by atoms with Crippen LogP contribution in [0.25, 0.3) is 0 Å². The third kappa shape index (κ3) is 2.73. The zero-order valence-corrected chi connectivity index (χ0v) is 9.16. The Kier molecular flexibility index (Phi) is 3.15. The molecule has 1 aromatic heterocycles. The van der Waals surface area contributed by atoms with Crippen LogP contribution in [0.4, 0.5) is 5.82 Å². The van der Waals surface area contributed by atoms with E-state index in [1.807, 2.05) is 0 Å². The Hall–Kier alpha value is -1.04. The van der Waals surface area contributed by atoms with Crippen LogP contribution in [0.3, 0.4) is 0 Å². The Morgan fingerprint density at radius 3 is 2.64 bits per heavy atom. The number of aromatic nitrogens is 2. The molecular formula is C8H15N3O2S. The molecule has 0 amide bonds. The lowest BCUT2D eigenvalue weighted by atomic mass is 10.6. The Balaban J connectivity index is 2.57. The summed E-state index contributed by atoms with van der Waals surface area (Å²) < 4.78 is 24.6. The van der Waals surface area contributed by atoms with E-state index in [-0.39, 0.29) is 11.0 Å². The molecule has 0 atom stereocenters. The van der Waals surface area contributed by atoms with Crippen LogP contribution in [0.15, 0.2) is 12.5 Å². The van der Waals surface area contributed by atoms with Gasteiger partial charge in [-0.05, 0) is 13.8 Å². The van der Waals surface area contributed by atoms with Crippen molar-refractivity contribution in [1.82, 2.24) is 9.55 Å². The summed E-state index contributed by atoms with van der Waals surface area (Å²) in [6, 6.07) is 0. The van der Waals surface area contributed by atoms with Gasteiger partial charge in [-0.1, -0.05) is 0 Å². The highest BCUT2D eigenvalue weighted by Crippen LogP contribution is 2.03. The van der Waals surface area contributed by atoms with E-state index in [1.54, 1.807) is 24.6 Å². The minimum atomic E-state index is -2.98. The molecule has 0 spiro atoms. The molecule has 0 aliphatic heterocycles. The number of nitrogen functional groups attached to an aromatic ring is 1. The maximum atomic E-state index is 11.4. The van der Waals surface area contributed by atoms with Crippen molar-refractivity contribution in [3.8, 4) is 0 Å². The van der Waals surface area contributed by atoms with Crippen molar-refractivity contribution in [2.24, 2.45) is 0 Å². The van der Waals surface area contributed by atoms with Crippen LogP contribution in [-0.4, -0.2) is 29.0 Å². The first kappa shape index (κ1) is 11.0. The lowest BCUT2D eigenvalue weighted by Gasteiger charge is -2.07. The molecule has 0 saturated carbocycles. The molecule has 0 saturated heterocycles. The summed E-state index contributed by atoms with van der Waals surface area (Å²) >= 11 is 0. The largest absolute Gasteiger partial charge is 0.382 e. The molecule has 6 heteroatoms. The van der Waals surface area contributed by atoms with Crippen molar-refractivity contribution in [2.75, 3.05) is 11.5 Å². The lowest BCUT2D eigenvalue weighted by molar-refractivity contribution is 0.580. The maximum Gasteiger partial charge on any atom is 0.154 e. The number of hydrogen-bond acceptors (Lipinski definition) is 4. The highest BCUT2D eigenvalue weighted by Gasteiger charge is 2.15. The Morgan fingerprint density at radius 2 is 2.21 bits per heavy atom. The summed E-state index contributed by atoms with van der Waals surface area (Å²) in [5.74, 6) is 0.535. The normalized spacial score (nSPS) is 12.2. The fourth-order valence-corrected chi connectivity index (χ4v) is 1.90. The molecule has 1 rings (SSSR count). The summed E-state index contributed by atoms with van der Waals surface area (Å²) in [4.78, 5) is 3.81. The number of imidazole rings is 1. The van der Waals surface area contributed by atoms with Crippen LogP contribution in [-0.2, 0) is 16.4 Å². The second-order valence-corrected chi connectivity index (χ2v) is 6.13.